The average molecular weight is 332 g/mol. The SMILES string of the molecule is Cc1nc2ccc(C(=O)NCc3nccn3-c3ccccc3)cc2o1. The van der Waals surface area contributed by atoms with Crippen molar-refractivity contribution in [1.29, 1.82) is 0 Å². The normalized spacial score (nSPS) is 10.9. The molecular weight excluding hydrogens is 316 g/mol. The Kier molecular flexibility index (Phi) is 3.78. The van der Waals surface area contributed by atoms with E-state index in [0.717, 1.165) is 17.0 Å². The summed E-state index contributed by atoms with van der Waals surface area (Å²) in [6.45, 7) is 2.11. The number of hydrogen-bond donors (Lipinski definition) is 1. The van der Waals surface area contributed by atoms with Crippen LogP contribution >= 0.6 is 0 Å². The van der Waals surface area contributed by atoms with Gasteiger partial charge in [-0.2, -0.15) is 0 Å². The van der Waals surface area contributed by atoms with E-state index in [4.69, 9.17) is 4.42 Å². The lowest BCUT2D eigenvalue weighted by atomic mass is 10.2. The number of benzene rings is 2. The van der Waals surface area contributed by atoms with Crippen LogP contribution in [0.15, 0.2) is 65.3 Å². The maximum absolute atomic E-state index is 12.4. The molecule has 0 saturated carbocycles. The largest absolute Gasteiger partial charge is 0.441 e. The van der Waals surface area contributed by atoms with E-state index in [1.165, 1.54) is 0 Å². The van der Waals surface area contributed by atoms with Crippen LogP contribution in [0.2, 0.25) is 0 Å². The van der Waals surface area contributed by atoms with Gasteiger partial charge >= 0.3 is 0 Å². The lowest BCUT2D eigenvalue weighted by molar-refractivity contribution is 0.0949. The summed E-state index contributed by atoms with van der Waals surface area (Å²) < 4.78 is 7.43. The van der Waals surface area contributed by atoms with Crippen molar-refractivity contribution in [3.8, 4) is 5.69 Å². The average Bonchev–Trinajstić information content (AvgIpc) is 3.24. The number of hydrogen-bond acceptors (Lipinski definition) is 4. The highest BCUT2D eigenvalue weighted by Gasteiger charge is 2.11. The molecule has 0 aliphatic heterocycles. The fourth-order valence-corrected chi connectivity index (χ4v) is 2.73. The van der Waals surface area contributed by atoms with Crippen molar-refractivity contribution in [2.45, 2.75) is 13.5 Å². The molecule has 2 heterocycles. The van der Waals surface area contributed by atoms with Gasteiger partial charge in [-0.3, -0.25) is 4.79 Å². The lowest BCUT2D eigenvalue weighted by Crippen LogP contribution is -2.24. The van der Waals surface area contributed by atoms with Crippen LogP contribution in [0.5, 0.6) is 0 Å². The van der Waals surface area contributed by atoms with Crippen LogP contribution in [0.3, 0.4) is 0 Å². The Morgan fingerprint density at radius 3 is 2.88 bits per heavy atom. The van der Waals surface area contributed by atoms with Crippen molar-refractivity contribution < 1.29 is 9.21 Å². The van der Waals surface area contributed by atoms with E-state index >= 15 is 0 Å². The first-order valence-corrected chi connectivity index (χ1v) is 7.94. The van der Waals surface area contributed by atoms with E-state index in [2.05, 4.69) is 15.3 Å². The zero-order valence-corrected chi connectivity index (χ0v) is 13.6. The van der Waals surface area contributed by atoms with E-state index in [9.17, 15) is 4.79 Å². The van der Waals surface area contributed by atoms with Gasteiger partial charge in [-0.15, -0.1) is 0 Å². The molecule has 6 nitrogen and oxygen atoms in total. The first kappa shape index (κ1) is 15.1. The molecule has 124 valence electrons. The molecular formula is C19H16N4O2. The summed E-state index contributed by atoms with van der Waals surface area (Å²) in [4.78, 5) is 21.0. The van der Waals surface area contributed by atoms with Gasteiger partial charge in [0.15, 0.2) is 11.5 Å². The number of nitrogens with one attached hydrogen (secondary N) is 1. The van der Waals surface area contributed by atoms with Crippen molar-refractivity contribution in [1.82, 2.24) is 19.9 Å². The predicted octanol–water partition coefficient (Wildman–Crippen LogP) is 3.25. The minimum absolute atomic E-state index is 0.182. The maximum Gasteiger partial charge on any atom is 0.251 e. The quantitative estimate of drug-likeness (QED) is 0.622. The Labute approximate surface area is 144 Å². The van der Waals surface area contributed by atoms with E-state index in [0.29, 0.717) is 23.6 Å². The third kappa shape index (κ3) is 3.01. The number of carbonyl (C=O) groups excluding carboxylic acids is 1. The van der Waals surface area contributed by atoms with Crippen LogP contribution < -0.4 is 5.32 Å². The Bertz CT molecular complexity index is 1030. The van der Waals surface area contributed by atoms with Gasteiger partial charge < -0.3 is 14.3 Å². The molecule has 2 aromatic carbocycles. The van der Waals surface area contributed by atoms with Gasteiger partial charge in [0.25, 0.3) is 5.91 Å². The molecule has 0 saturated heterocycles. The number of amides is 1. The lowest BCUT2D eigenvalue weighted by Gasteiger charge is -2.09. The topological polar surface area (TPSA) is 73.0 Å². The number of para-hydroxylation sites is 1. The highest BCUT2D eigenvalue weighted by molar-refractivity contribution is 5.96. The third-order valence-corrected chi connectivity index (χ3v) is 3.92. The highest BCUT2D eigenvalue weighted by Crippen LogP contribution is 2.17. The monoisotopic (exact) mass is 332 g/mol. The van der Waals surface area contributed by atoms with Crippen molar-refractivity contribution >= 4 is 17.0 Å². The molecule has 0 aliphatic carbocycles. The Balaban J connectivity index is 1.51. The van der Waals surface area contributed by atoms with Crippen LogP contribution in [-0.2, 0) is 6.54 Å². The zero-order chi connectivity index (χ0) is 17.2. The fraction of sp³-hybridized carbons (Fsp3) is 0.105. The third-order valence-electron chi connectivity index (χ3n) is 3.92. The number of rotatable bonds is 4. The minimum atomic E-state index is -0.182. The number of fused-ring (bicyclic) bond motifs is 1. The summed E-state index contributed by atoms with van der Waals surface area (Å²) in [5.41, 5.74) is 2.88. The molecule has 0 radical (unpaired) electrons. The molecule has 25 heavy (non-hydrogen) atoms. The molecule has 0 atom stereocenters. The number of nitrogens with zero attached hydrogens (tertiary/aromatic N) is 3. The molecule has 6 heteroatoms. The molecule has 0 unspecified atom stereocenters. The molecule has 1 N–H and O–H groups in total. The number of carbonyl (C=O) groups is 1. The molecule has 1 amide bonds. The van der Waals surface area contributed by atoms with E-state index in [1.807, 2.05) is 41.1 Å². The van der Waals surface area contributed by atoms with Crippen LogP contribution in [-0.4, -0.2) is 20.4 Å². The van der Waals surface area contributed by atoms with E-state index in [-0.39, 0.29) is 5.91 Å². The van der Waals surface area contributed by atoms with Crippen molar-refractivity contribution in [2.24, 2.45) is 0 Å². The van der Waals surface area contributed by atoms with Crippen molar-refractivity contribution in [3.63, 3.8) is 0 Å². The van der Waals surface area contributed by atoms with Crippen LogP contribution in [0.4, 0.5) is 0 Å². The van der Waals surface area contributed by atoms with Gasteiger partial charge in [0.05, 0.1) is 6.54 Å². The van der Waals surface area contributed by atoms with Gasteiger partial charge in [0.2, 0.25) is 0 Å². The van der Waals surface area contributed by atoms with Crippen molar-refractivity contribution in [2.75, 3.05) is 0 Å². The molecule has 0 bridgehead atoms. The number of oxazole rings is 1. The molecule has 4 aromatic rings. The molecule has 2 aromatic heterocycles. The summed E-state index contributed by atoms with van der Waals surface area (Å²) >= 11 is 0. The van der Waals surface area contributed by atoms with Crippen LogP contribution in [0.25, 0.3) is 16.8 Å². The summed E-state index contributed by atoms with van der Waals surface area (Å²) in [5, 5.41) is 2.90. The molecule has 0 aliphatic rings. The number of aryl methyl sites for hydroxylation is 1. The summed E-state index contributed by atoms with van der Waals surface area (Å²) in [7, 11) is 0. The number of imidazole rings is 1. The molecule has 0 spiro atoms. The second-order valence-corrected chi connectivity index (χ2v) is 5.65. The second-order valence-electron chi connectivity index (χ2n) is 5.65. The summed E-state index contributed by atoms with van der Waals surface area (Å²) in [6, 6.07) is 15.1. The van der Waals surface area contributed by atoms with E-state index in [1.54, 1.807) is 31.3 Å². The predicted molar refractivity (Wildman–Crippen MR) is 93.5 cm³/mol. The van der Waals surface area contributed by atoms with Gasteiger partial charge in [0.1, 0.15) is 11.3 Å². The van der Waals surface area contributed by atoms with Gasteiger partial charge in [0, 0.05) is 30.6 Å². The highest BCUT2D eigenvalue weighted by atomic mass is 16.3. The van der Waals surface area contributed by atoms with E-state index < -0.39 is 0 Å². The second kappa shape index (κ2) is 6.24. The van der Waals surface area contributed by atoms with Crippen LogP contribution in [0.1, 0.15) is 22.1 Å². The van der Waals surface area contributed by atoms with Crippen molar-refractivity contribution in [3.05, 3.63) is 78.2 Å². The summed E-state index contributed by atoms with van der Waals surface area (Å²) in [5.74, 6) is 1.16. The maximum atomic E-state index is 12.4. The Hall–Kier alpha value is -3.41. The number of aromatic nitrogens is 3. The van der Waals surface area contributed by atoms with Crippen LogP contribution in [0, 0.1) is 6.92 Å². The molecule has 0 fully saturated rings. The zero-order valence-electron chi connectivity index (χ0n) is 13.6. The van der Waals surface area contributed by atoms with Gasteiger partial charge in [-0.1, -0.05) is 18.2 Å². The van der Waals surface area contributed by atoms with Gasteiger partial charge in [-0.05, 0) is 30.3 Å². The Morgan fingerprint density at radius 2 is 2.04 bits per heavy atom. The Morgan fingerprint density at radius 1 is 1.20 bits per heavy atom. The van der Waals surface area contributed by atoms with Gasteiger partial charge in [-0.25, -0.2) is 9.97 Å². The smallest absolute Gasteiger partial charge is 0.251 e. The fourth-order valence-electron chi connectivity index (χ4n) is 2.73. The molecule has 4 rings (SSSR count). The summed E-state index contributed by atoms with van der Waals surface area (Å²) in [6.07, 6.45) is 3.60. The first-order chi connectivity index (χ1) is 12.2. The first-order valence-electron chi connectivity index (χ1n) is 7.94. The minimum Gasteiger partial charge on any atom is -0.441 e. The standard InChI is InChI=1S/C19H16N4O2/c1-13-22-16-8-7-14(11-17(16)25-13)19(24)21-12-18-20-9-10-23(18)15-5-3-2-4-6-15/h2-11H,12H2,1H3,(H,21,24).